The van der Waals surface area contributed by atoms with Gasteiger partial charge in [0.05, 0.1) is 13.2 Å². The van der Waals surface area contributed by atoms with Gasteiger partial charge in [0.2, 0.25) is 0 Å². The number of ether oxygens (including phenoxy) is 2. The van der Waals surface area contributed by atoms with Gasteiger partial charge in [0.15, 0.2) is 6.10 Å². The lowest BCUT2D eigenvalue weighted by Crippen LogP contribution is -2.39. The van der Waals surface area contributed by atoms with Crippen LogP contribution in [-0.4, -0.2) is 19.1 Å². The number of nitrogens with one attached hydrogen (secondary N) is 1. The van der Waals surface area contributed by atoms with Gasteiger partial charge in [0, 0.05) is 5.39 Å². The molecule has 0 saturated heterocycles. The monoisotopic (exact) mass is 419 g/mol. The van der Waals surface area contributed by atoms with Crippen molar-refractivity contribution in [3.63, 3.8) is 0 Å². The molecule has 0 saturated carbocycles. The number of hydrogen-bond donors (Lipinski definition) is 1. The second-order valence-corrected chi connectivity index (χ2v) is 8.33. The molecule has 0 bridgehead atoms. The molecule has 164 valence electrons. The Balaban J connectivity index is 1.80. The third-order valence-corrected chi connectivity index (χ3v) is 5.75. The molecule has 0 spiro atoms. The molecule has 0 aromatic heterocycles. The second kappa shape index (κ2) is 9.86. The van der Waals surface area contributed by atoms with E-state index >= 15 is 0 Å². The molecular weight excluding hydrogens is 386 g/mol. The lowest BCUT2D eigenvalue weighted by atomic mass is 9.93. The molecule has 0 radical (unpaired) electrons. The van der Waals surface area contributed by atoms with Gasteiger partial charge in [0.1, 0.15) is 11.5 Å². The van der Waals surface area contributed by atoms with E-state index in [0.29, 0.717) is 12.3 Å². The minimum Gasteiger partial charge on any atom is -0.496 e. The molecule has 0 heterocycles. The molecule has 3 aromatic carbocycles. The molecule has 4 nitrogen and oxygen atoms in total. The van der Waals surface area contributed by atoms with Crippen LogP contribution in [0.3, 0.4) is 0 Å². The summed E-state index contributed by atoms with van der Waals surface area (Å²) in [5.41, 5.74) is 3.33. The fraction of sp³-hybridized carbons (Fsp3) is 0.370. The van der Waals surface area contributed by atoms with Gasteiger partial charge >= 0.3 is 0 Å². The summed E-state index contributed by atoms with van der Waals surface area (Å²) in [5, 5.41) is 5.26. The van der Waals surface area contributed by atoms with E-state index in [9.17, 15) is 4.79 Å². The van der Waals surface area contributed by atoms with E-state index in [1.165, 1.54) is 0 Å². The van der Waals surface area contributed by atoms with Gasteiger partial charge in [-0.15, -0.1) is 0 Å². The molecule has 0 aliphatic heterocycles. The van der Waals surface area contributed by atoms with Crippen molar-refractivity contribution in [1.29, 1.82) is 0 Å². The fourth-order valence-electron chi connectivity index (χ4n) is 3.97. The predicted octanol–water partition coefficient (Wildman–Crippen LogP) is 6.32. The van der Waals surface area contributed by atoms with Crippen molar-refractivity contribution in [3.05, 3.63) is 71.3 Å². The Labute approximate surface area is 185 Å². The normalized spacial score (nSPS) is 13.1. The standard InChI is InChI=1S/C27H33NO3/c1-7-24(31-25-14-10-12-20-11-8-9-13-21(20)25)27(29)28-19(5)23-16-22(17(2)3)26(30-6)15-18(23)4/h8-17,19,24H,7H2,1-6H3,(H,28,29). The zero-order chi connectivity index (χ0) is 22.5. The first-order chi connectivity index (χ1) is 14.8. The summed E-state index contributed by atoms with van der Waals surface area (Å²) >= 11 is 0. The fourth-order valence-corrected chi connectivity index (χ4v) is 3.97. The van der Waals surface area contributed by atoms with E-state index in [2.05, 4.69) is 38.2 Å². The maximum atomic E-state index is 13.1. The van der Waals surface area contributed by atoms with Crippen LogP contribution in [0.1, 0.15) is 62.8 Å². The third kappa shape index (κ3) is 5.01. The highest BCUT2D eigenvalue weighted by Gasteiger charge is 2.23. The first kappa shape index (κ1) is 22.7. The summed E-state index contributed by atoms with van der Waals surface area (Å²) in [5.74, 6) is 1.84. The molecule has 3 rings (SSSR count). The van der Waals surface area contributed by atoms with E-state index in [-0.39, 0.29) is 11.9 Å². The van der Waals surface area contributed by atoms with Crippen molar-refractivity contribution in [1.82, 2.24) is 5.32 Å². The first-order valence-corrected chi connectivity index (χ1v) is 11.0. The molecule has 1 amide bonds. The second-order valence-electron chi connectivity index (χ2n) is 8.33. The molecule has 2 atom stereocenters. The molecule has 1 N–H and O–H groups in total. The number of benzene rings is 3. The minimum atomic E-state index is -0.559. The number of methoxy groups -OCH3 is 1. The Morgan fingerprint density at radius 2 is 1.68 bits per heavy atom. The van der Waals surface area contributed by atoms with Crippen molar-refractivity contribution in [2.75, 3.05) is 7.11 Å². The molecule has 0 aliphatic rings. The number of amides is 1. The van der Waals surface area contributed by atoms with Crippen LogP contribution < -0.4 is 14.8 Å². The van der Waals surface area contributed by atoms with Crippen LogP contribution in [0, 0.1) is 6.92 Å². The van der Waals surface area contributed by atoms with E-state index in [1.807, 2.05) is 56.3 Å². The molecular formula is C27H33NO3. The van der Waals surface area contributed by atoms with E-state index in [1.54, 1.807) is 7.11 Å². The lowest BCUT2D eigenvalue weighted by molar-refractivity contribution is -0.128. The number of carbonyl (C=O) groups excluding carboxylic acids is 1. The number of carbonyl (C=O) groups is 1. The first-order valence-electron chi connectivity index (χ1n) is 11.0. The van der Waals surface area contributed by atoms with E-state index in [4.69, 9.17) is 9.47 Å². The van der Waals surface area contributed by atoms with Gasteiger partial charge in [-0.3, -0.25) is 4.79 Å². The third-order valence-electron chi connectivity index (χ3n) is 5.75. The summed E-state index contributed by atoms with van der Waals surface area (Å²) in [4.78, 5) is 13.1. The topological polar surface area (TPSA) is 47.6 Å². The molecule has 0 aliphatic carbocycles. The van der Waals surface area contributed by atoms with Crippen molar-refractivity contribution < 1.29 is 14.3 Å². The summed E-state index contributed by atoms with van der Waals surface area (Å²) < 4.78 is 11.7. The van der Waals surface area contributed by atoms with E-state index in [0.717, 1.165) is 39.0 Å². The van der Waals surface area contributed by atoms with Crippen molar-refractivity contribution in [2.24, 2.45) is 0 Å². The Bertz CT molecular complexity index is 1050. The van der Waals surface area contributed by atoms with Crippen LogP contribution in [0.25, 0.3) is 10.8 Å². The van der Waals surface area contributed by atoms with Gasteiger partial charge < -0.3 is 14.8 Å². The minimum absolute atomic E-state index is 0.107. The molecule has 0 fully saturated rings. The number of aryl methyl sites for hydroxylation is 1. The van der Waals surface area contributed by atoms with Crippen molar-refractivity contribution >= 4 is 16.7 Å². The van der Waals surface area contributed by atoms with Crippen LogP contribution >= 0.6 is 0 Å². The van der Waals surface area contributed by atoms with Gasteiger partial charge in [-0.05, 0) is 66.5 Å². The Morgan fingerprint density at radius 3 is 2.35 bits per heavy atom. The summed E-state index contributed by atoms with van der Waals surface area (Å²) in [6.45, 7) is 10.3. The quantitative estimate of drug-likeness (QED) is 0.465. The number of rotatable bonds is 8. The van der Waals surface area contributed by atoms with Crippen LogP contribution in [-0.2, 0) is 4.79 Å². The van der Waals surface area contributed by atoms with Crippen LogP contribution in [0.5, 0.6) is 11.5 Å². The number of fused-ring (bicyclic) bond motifs is 1. The summed E-state index contributed by atoms with van der Waals surface area (Å²) in [6.07, 6.45) is 0.0250. The summed E-state index contributed by atoms with van der Waals surface area (Å²) in [7, 11) is 1.70. The molecule has 3 aromatic rings. The van der Waals surface area contributed by atoms with Gasteiger partial charge in [-0.2, -0.15) is 0 Å². The highest BCUT2D eigenvalue weighted by molar-refractivity contribution is 5.89. The highest BCUT2D eigenvalue weighted by atomic mass is 16.5. The molecule has 4 heteroatoms. The Kier molecular flexibility index (Phi) is 7.21. The van der Waals surface area contributed by atoms with Gasteiger partial charge in [0.25, 0.3) is 5.91 Å². The maximum Gasteiger partial charge on any atom is 0.261 e. The number of hydrogen-bond acceptors (Lipinski definition) is 3. The van der Waals surface area contributed by atoms with Crippen molar-refractivity contribution in [3.8, 4) is 11.5 Å². The molecule has 2 unspecified atom stereocenters. The SMILES string of the molecule is CCC(Oc1cccc2ccccc12)C(=O)NC(C)c1cc(C(C)C)c(OC)cc1C. The van der Waals surface area contributed by atoms with E-state index < -0.39 is 6.10 Å². The van der Waals surface area contributed by atoms with Crippen LogP contribution in [0.2, 0.25) is 0 Å². The summed E-state index contributed by atoms with van der Waals surface area (Å²) in [6, 6.07) is 18.0. The van der Waals surface area contributed by atoms with Gasteiger partial charge in [-0.1, -0.05) is 57.2 Å². The maximum absolute atomic E-state index is 13.1. The average Bonchev–Trinajstić information content (AvgIpc) is 2.76. The molecule has 31 heavy (non-hydrogen) atoms. The van der Waals surface area contributed by atoms with Crippen molar-refractivity contribution in [2.45, 2.75) is 59.1 Å². The highest BCUT2D eigenvalue weighted by Crippen LogP contribution is 2.32. The zero-order valence-electron chi connectivity index (χ0n) is 19.4. The van der Waals surface area contributed by atoms with Crippen LogP contribution in [0.4, 0.5) is 0 Å². The Morgan fingerprint density at radius 1 is 0.968 bits per heavy atom. The Hall–Kier alpha value is -3.01. The van der Waals surface area contributed by atoms with Gasteiger partial charge in [-0.25, -0.2) is 0 Å². The zero-order valence-corrected chi connectivity index (χ0v) is 19.4. The van der Waals surface area contributed by atoms with Crippen LogP contribution in [0.15, 0.2) is 54.6 Å². The lowest BCUT2D eigenvalue weighted by Gasteiger charge is -2.24. The average molecular weight is 420 g/mol. The smallest absolute Gasteiger partial charge is 0.261 e. The predicted molar refractivity (Wildman–Crippen MR) is 127 cm³/mol. The largest absolute Gasteiger partial charge is 0.496 e.